The number of amides is 1. The van der Waals surface area contributed by atoms with Gasteiger partial charge in [-0.3, -0.25) is 9.78 Å². The number of benzene rings is 1. The van der Waals surface area contributed by atoms with Crippen molar-refractivity contribution in [1.29, 1.82) is 0 Å². The SMILES string of the molecule is CNS(=O)(=O)c1ccc(C(=O)Nc2cccc3[nH]c(=O)oc23)o1. The van der Waals surface area contributed by atoms with Gasteiger partial charge in [-0.1, -0.05) is 6.07 Å². The van der Waals surface area contributed by atoms with Crippen LogP contribution in [0.15, 0.2) is 49.1 Å². The Morgan fingerprint density at radius 1 is 1.17 bits per heavy atom. The van der Waals surface area contributed by atoms with Crippen LogP contribution in [0, 0.1) is 0 Å². The number of para-hydroxylation sites is 1. The van der Waals surface area contributed by atoms with E-state index in [-0.39, 0.29) is 22.1 Å². The van der Waals surface area contributed by atoms with Gasteiger partial charge in [0, 0.05) is 0 Å². The van der Waals surface area contributed by atoms with Crippen molar-refractivity contribution in [1.82, 2.24) is 9.71 Å². The largest absolute Gasteiger partial charge is 0.438 e. The number of anilines is 1. The van der Waals surface area contributed by atoms with Crippen LogP contribution in [-0.4, -0.2) is 26.4 Å². The summed E-state index contributed by atoms with van der Waals surface area (Å²) >= 11 is 0. The summed E-state index contributed by atoms with van der Waals surface area (Å²) in [6.45, 7) is 0. The Kier molecular flexibility index (Phi) is 3.54. The van der Waals surface area contributed by atoms with Gasteiger partial charge in [0.1, 0.15) is 0 Å². The Balaban J connectivity index is 1.91. The van der Waals surface area contributed by atoms with Crippen molar-refractivity contribution in [3.63, 3.8) is 0 Å². The van der Waals surface area contributed by atoms with E-state index >= 15 is 0 Å². The van der Waals surface area contributed by atoms with Crippen LogP contribution in [0.25, 0.3) is 11.1 Å². The second-order valence-corrected chi connectivity index (χ2v) is 6.29. The molecule has 1 amide bonds. The van der Waals surface area contributed by atoms with E-state index in [1.54, 1.807) is 12.1 Å². The van der Waals surface area contributed by atoms with Gasteiger partial charge in [-0.05, 0) is 31.3 Å². The maximum atomic E-state index is 12.1. The molecular weight excluding hydrogens is 326 g/mol. The van der Waals surface area contributed by atoms with E-state index in [9.17, 15) is 18.0 Å². The number of H-pyrrole nitrogens is 1. The number of carbonyl (C=O) groups excluding carboxylic acids is 1. The molecule has 2 aromatic heterocycles. The molecule has 0 spiro atoms. The molecule has 23 heavy (non-hydrogen) atoms. The summed E-state index contributed by atoms with van der Waals surface area (Å²) in [5.41, 5.74) is 0.853. The summed E-state index contributed by atoms with van der Waals surface area (Å²) in [6.07, 6.45) is 0. The summed E-state index contributed by atoms with van der Waals surface area (Å²) < 4.78 is 35.2. The summed E-state index contributed by atoms with van der Waals surface area (Å²) in [5.74, 6) is -1.53. The van der Waals surface area contributed by atoms with Gasteiger partial charge in [-0.2, -0.15) is 0 Å². The van der Waals surface area contributed by atoms with Gasteiger partial charge in [-0.15, -0.1) is 0 Å². The molecule has 10 heteroatoms. The van der Waals surface area contributed by atoms with Crippen LogP contribution in [0.3, 0.4) is 0 Å². The number of aromatic nitrogens is 1. The molecule has 0 saturated carbocycles. The predicted molar refractivity (Wildman–Crippen MR) is 79.7 cm³/mol. The van der Waals surface area contributed by atoms with E-state index in [0.717, 1.165) is 6.07 Å². The Morgan fingerprint density at radius 3 is 2.70 bits per heavy atom. The first-order valence-electron chi connectivity index (χ1n) is 6.37. The lowest BCUT2D eigenvalue weighted by atomic mass is 10.2. The fraction of sp³-hybridized carbons (Fsp3) is 0.0769. The maximum absolute atomic E-state index is 12.1. The summed E-state index contributed by atoms with van der Waals surface area (Å²) in [7, 11) is -2.55. The minimum Gasteiger partial charge on any atom is -0.438 e. The number of nitrogens with one attached hydrogen (secondary N) is 3. The number of rotatable bonds is 4. The average Bonchev–Trinajstić information content (AvgIpc) is 3.13. The summed E-state index contributed by atoms with van der Waals surface area (Å²) in [6, 6.07) is 7.15. The zero-order valence-corrected chi connectivity index (χ0v) is 12.6. The van der Waals surface area contributed by atoms with Crippen molar-refractivity contribution >= 4 is 32.7 Å². The molecule has 3 rings (SSSR count). The third-order valence-corrected chi connectivity index (χ3v) is 4.32. The van der Waals surface area contributed by atoms with Gasteiger partial charge in [0.05, 0.1) is 11.2 Å². The number of hydrogen-bond donors (Lipinski definition) is 3. The number of fused-ring (bicyclic) bond motifs is 1. The van der Waals surface area contributed by atoms with E-state index in [2.05, 4.69) is 15.0 Å². The van der Waals surface area contributed by atoms with Crippen molar-refractivity contribution in [2.24, 2.45) is 0 Å². The van der Waals surface area contributed by atoms with Crippen molar-refractivity contribution in [3.05, 3.63) is 46.6 Å². The molecule has 0 aliphatic carbocycles. The quantitative estimate of drug-likeness (QED) is 0.647. The van der Waals surface area contributed by atoms with Gasteiger partial charge in [0.2, 0.25) is 5.09 Å². The number of carbonyl (C=O) groups is 1. The zero-order chi connectivity index (χ0) is 16.6. The highest BCUT2D eigenvalue weighted by molar-refractivity contribution is 7.89. The van der Waals surface area contributed by atoms with Crippen LogP contribution in [0.1, 0.15) is 10.6 Å². The third-order valence-electron chi connectivity index (χ3n) is 3.03. The summed E-state index contributed by atoms with van der Waals surface area (Å²) in [4.78, 5) is 25.8. The molecule has 0 atom stereocenters. The predicted octanol–water partition coefficient (Wildman–Crippen LogP) is 0.875. The molecule has 0 aliphatic rings. The van der Waals surface area contributed by atoms with Gasteiger partial charge in [0.15, 0.2) is 11.3 Å². The van der Waals surface area contributed by atoms with Crippen LogP contribution in [0.2, 0.25) is 0 Å². The molecule has 3 aromatic rings. The highest BCUT2D eigenvalue weighted by Crippen LogP contribution is 2.22. The number of oxazole rings is 1. The van der Waals surface area contributed by atoms with Crippen molar-refractivity contribution in [2.45, 2.75) is 5.09 Å². The monoisotopic (exact) mass is 337 g/mol. The number of furan rings is 1. The van der Waals surface area contributed by atoms with Crippen LogP contribution < -0.4 is 15.8 Å². The first kappa shape index (κ1) is 15.1. The van der Waals surface area contributed by atoms with Crippen LogP contribution in [-0.2, 0) is 10.0 Å². The lowest BCUT2D eigenvalue weighted by Crippen LogP contribution is -2.18. The van der Waals surface area contributed by atoms with Gasteiger partial charge in [0.25, 0.3) is 15.9 Å². The Hall–Kier alpha value is -2.85. The van der Waals surface area contributed by atoms with Crippen molar-refractivity contribution in [3.8, 4) is 0 Å². The van der Waals surface area contributed by atoms with Crippen LogP contribution in [0.5, 0.6) is 0 Å². The van der Waals surface area contributed by atoms with Crippen LogP contribution in [0.4, 0.5) is 5.69 Å². The number of aromatic amines is 1. The van der Waals surface area contributed by atoms with E-state index in [1.807, 2.05) is 0 Å². The maximum Gasteiger partial charge on any atom is 0.417 e. The molecule has 0 fully saturated rings. The molecule has 2 heterocycles. The van der Waals surface area contributed by atoms with Gasteiger partial charge in [-0.25, -0.2) is 17.9 Å². The Bertz CT molecular complexity index is 1040. The normalized spacial score (nSPS) is 11.7. The molecule has 0 bridgehead atoms. The molecular formula is C13H11N3O6S. The van der Waals surface area contributed by atoms with Crippen molar-refractivity contribution < 1.29 is 22.0 Å². The smallest absolute Gasteiger partial charge is 0.417 e. The first-order chi connectivity index (χ1) is 10.9. The molecule has 9 nitrogen and oxygen atoms in total. The zero-order valence-electron chi connectivity index (χ0n) is 11.7. The second-order valence-electron chi connectivity index (χ2n) is 4.48. The van der Waals surface area contributed by atoms with Crippen LogP contribution >= 0.6 is 0 Å². The third kappa shape index (κ3) is 2.76. The Labute approximate surface area is 129 Å². The van der Waals surface area contributed by atoms with Gasteiger partial charge >= 0.3 is 5.76 Å². The standard InChI is InChI=1S/C13H11N3O6S/c1-14-23(19,20)10-6-5-9(21-10)12(17)15-7-3-2-4-8-11(7)22-13(18)16-8/h2-6,14H,1H3,(H,15,17)(H,16,18). The lowest BCUT2D eigenvalue weighted by Gasteiger charge is -2.03. The van der Waals surface area contributed by atoms with E-state index < -0.39 is 21.7 Å². The molecule has 0 unspecified atom stereocenters. The summed E-state index contributed by atoms with van der Waals surface area (Å²) in [5, 5.41) is 2.12. The van der Waals surface area contributed by atoms with Crippen molar-refractivity contribution in [2.75, 3.05) is 12.4 Å². The molecule has 120 valence electrons. The van der Waals surface area contributed by atoms with E-state index in [1.165, 1.54) is 19.2 Å². The fourth-order valence-electron chi connectivity index (χ4n) is 1.94. The number of hydrogen-bond acceptors (Lipinski definition) is 6. The number of sulfonamides is 1. The first-order valence-corrected chi connectivity index (χ1v) is 7.85. The minimum absolute atomic E-state index is 0.181. The van der Waals surface area contributed by atoms with E-state index in [4.69, 9.17) is 8.83 Å². The highest BCUT2D eigenvalue weighted by atomic mass is 32.2. The fourth-order valence-corrected chi connectivity index (χ4v) is 2.59. The highest BCUT2D eigenvalue weighted by Gasteiger charge is 2.20. The molecule has 3 N–H and O–H groups in total. The molecule has 0 saturated heterocycles. The second kappa shape index (κ2) is 5.41. The molecule has 0 radical (unpaired) electrons. The minimum atomic E-state index is -3.78. The average molecular weight is 337 g/mol. The Morgan fingerprint density at radius 2 is 1.96 bits per heavy atom. The lowest BCUT2D eigenvalue weighted by molar-refractivity contribution is 0.0991. The molecule has 1 aromatic carbocycles. The topological polar surface area (TPSA) is 134 Å². The van der Waals surface area contributed by atoms with Gasteiger partial charge < -0.3 is 14.2 Å². The molecule has 0 aliphatic heterocycles. The van der Waals surface area contributed by atoms with E-state index in [0.29, 0.717) is 5.52 Å².